The first-order valence-corrected chi connectivity index (χ1v) is 6.72. The van der Waals surface area contributed by atoms with Crippen molar-refractivity contribution in [1.29, 1.82) is 0 Å². The van der Waals surface area contributed by atoms with Crippen LogP contribution >= 0.6 is 0 Å². The molecule has 0 aliphatic heterocycles. The minimum atomic E-state index is 0.136. The summed E-state index contributed by atoms with van der Waals surface area (Å²) in [4.78, 5) is 11.0. The lowest BCUT2D eigenvalue weighted by Crippen LogP contribution is -2.27. The number of aromatic nitrogens is 2. The van der Waals surface area contributed by atoms with Gasteiger partial charge in [0.2, 0.25) is 0 Å². The first kappa shape index (κ1) is 14.7. The van der Waals surface area contributed by atoms with Crippen molar-refractivity contribution in [2.75, 3.05) is 36.5 Å². The number of rotatable bonds is 8. The van der Waals surface area contributed by atoms with Crippen LogP contribution in [0, 0.1) is 0 Å². The third kappa shape index (κ3) is 4.14. The van der Waals surface area contributed by atoms with Gasteiger partial charge in [-0.1, -0.05) is 13.8 Å². The highest BCUT2D eigenvalue weighted by Gasteiger charge is 2.09. The van der Waals surface area contributed by atoms with Gasteiger partial charge in [-0.25, -0.2) is 9.97 Å². The number of aryl methyl sites for hydroxylation is 1. The normalized spacial score (nSPS) is 10.4. The highest BCUT2D eigenvalue weighted by atomic mass is 16.3. The van der Waals surface area contributed by atoms with E-state index in [2.05, 4.69) is 34.0 Å². The number of aliphatic hydroxyl groups excluding tert-OH is 1. The number of anilines is 2. The molecule has 0 fully saturated rings. The summed E-state index contributed by atoms with van der Waals surface area (Å²) in [6.07, 6.45) is 1.88. The first-order chi connectivity index (χ1) is 8.74. The Morgan fingerprint density at radius 3 is 2.61 bits per heavy atom. The van der Waals surface area contributed by atoms with Crippen molar-refractivity contribution >= 4 is 11.6 Å². The topological polar surface area (TPSA) is 61.3 Å². The minimum Gasteiger partial charge on any atom is -0.395 e. The molecule has 18 heavy (non-hydrogen) atoms. The Bertz CT molecular complexity index is 357. The molecule has 0 aliphatic carbocycles. The number of hydrogen-bond donors (Lipinski definition) is 2. The molecule has 0 saturated carbocycles. The van der Waals surface area contributed by atoms with E-state index in [1.165, 1.54) is 0 Å². The van der Waals surface area contributed by atoms with Crippen molar-refractivity contribution in [3.05, 3.63) is 11.9 Å². The van der Waals surface area contributed by atoms with Gasteiger partial charge in [-0.05, 0) is 13.3 Å². The molecule has 0 bridgehead atoms. The molecule has 1 rings (SSSR count). The Kier molecular flexibility index (Phi) is 6.43. The average Bonchev–Trinajstić information content (AvgIpc) is 2.42. The number of likely N-dealkylation sites (N-methyl/N-ethyl adjacent to an activating group) is 1. The summed E-state index contributed by atoms with van der Waals surface area (Å²) >= 11 is 0. The zero-order valence-corrected chi connectivity index (χ0v) is 11.6. The highest BCUT2D eigenvalue weighted by molar-refractivity contribution is 5.49. The Morgan fingerprint density at radius 2 is 2.06 bits per heavy atom. The highest BCUT2D eigenvalue weighted by Crippen LogP contribution is 2.16. The van der Waals surface area contributed by atoms with E-state index in [-0.39, 0.29) is 6.61 Å². The quantitative estimate of drug-likeness (QED) is 0.737. The fourth-order valence-corrected chi connectivity index (χ4v) is 1.70. The van der Waals surface area contributed by atoms with Crippen LogP contribution in [0.2, 0.25) is 0 Å². The van der Waals surface area contributed by atoms with Gasteiger partial charge < -0.3 is 15.3 Å². The van der Waals surface area contributed by atoms with E-state index in [1.54, 1.807) is 0 Å². The summed E-state index contributed by atoms with van der Waals surface area (Å²) in [7, 11) is 0. The van der Waals surface area contributed by atoms with Gasteiger partial charge in [0.15, 0.2) is 0 Å². The fraction of sp³-hybridized carbons (Fsp3) is 0.692. The molecule has 1 aromatic rings. The lowest BCUT2D eigenvalue weighted by Gasteiger charge is -2.21. The van der Waals surface area contributed by atoms with Gasteiger partial charge >= 0.3 is 0 Å². The summed E-state index contributed by atoms with van der Waals surface area (Å²) in [5.74, 6) is 2.59. The lowest BCUT2D eigenvalue weighted by atomic mass is 10.3. The van der Waals surface area contributed by atoms with Gasteiger partial charge in [0, 0.05) is 32.1 Å². The zero-order chi connectivity index (χ0) is 13.4. The van der Waals surface area contributed by atoms with Crippen LogP contribution in [-0.4, -0.2) is 41.3 Å². The molecular formula is C13H24N4O. The Labute approximate surface area is 109 Å². The molecule has 102 valence electrons. The lowest BCUT2D eigenvalue weighted by molar-refractivity contribution is 0.302. The molecule has 5 nitrogen and oxygen atoms in total. The van der Waals surface area contributed by atoms with Crippen LogP contribution in [-0.2, 0) is 6.42 Å². The van der Waals surface area contributed by atoms with Gasteiger partial charge in [0.1, 0.15) is 17.5 Å². The van der Waals surface area contributed by atoms with Crippen LogP contribution in [0.3, 0.4) is 0 Å². The van der Waals surface area contributed by atoms with Crippen LogP contribution in [0.15, 0.2) is 6.07 Å². The Balaban J connectivity index is 2.94. The SMILES string of the molecule is CCCNc1cc(N(CC)CCO)nc(CC)n1. The molecule has 1 heterocycles. The van der Waals surface area contributed by atoms with Crippen molar-refractivity contribution in [3.63, 3.8) is 0 Å². The molecule has 0 aliphatic rings. The van der Waals surface area contributed by atoms with E-state index in [9.17, 15) is 0 Å². The third-order valence-corrected chi connectivity index (χ3v) is 2.71. The van der Waals surface area contributed by atoms with E-state index in [0.29, 0.717) is 6.54 Å². The van der Waals surface area contributed by atoms with E-state index >= 15 is 0 Å². The first-order valence-electron chi connectivity index (χ1n) is 6.72. The van der Waals surface area contributed by atoms with Gasteiger partial charge in [-0.3, -0.25) is 0 Å². The largest absolute Gasteiger partial charge is 0.395 e. The van der Waals surface area contributed by atoms with E-state index in [4.69, 9.17) is 5.11 Å². The fourth-order valence-electron chi connectivity index (χ4n) is 1.70. The predicted octanol–water partition coefficient (Wildman–Crippen LogP) is 1.68. The van der Waals surface area contributed by atoms with Crippen molar-refractivity contribution in [2.24, 2.45) is 0 Å². The second-order valence-corrected chi connectivity index (χ2v) is 4.11. The minimum absolute atomic E-state index is 0.136. The van der Waals surface area contributed by atoms with Gasteiger partial charge in [-0.2, -0.15) is 0 Å². The molecule has 2 N–H and O–H groups in total. The van der Waals surface area contributed by atoms with Crippen LogP contribution in [0.25, 0.3) is 0 Å². The molecule has 1 aromatic heterocycles. The molecule has 0 unspecified atom stereocenters. The number of aliphatic hydroxyl groups is 1. The van der Waals surface area contributed by atoms with Crippen LogP contribution in [0.1, 0.15) is 33.0 Å². The van der Waals surface area contributed by atoms with E-state index in [1.807, 2.05) is 13.0 Å². The van der Waals surface area contributed by atoms with Crippen LogP contribution < -0.4 is 10.2 Å². The molecule has 0 spiro atoms. The van der Waals surface area contributed by atoms with Crippen molar-refractivity contribution in [3.8, 4) is 0 Å². The number of hydrogen-bond acceptors (Lipinski definition) is 5. The van der Waals surface area contributed by atoms with Gasteiger partial charge in [-0.15, -0.1) is 0 Å². The molecule has 0 saturated heterocycles. The van der Waals surface area contributed by atoms with Crippen LogP contribution in [0.4, 0.5) is 11.6 Å². The maximum atomic E-state index is 9.07. The molecular weight excluding hydrogens is 228 g/mol. The van der Waals surface area contributed by atoms with E-state index in [0.717, 1.165) is 43.4 Å². The Hall–Kier alpha value is -1.36. The monoisotopic (exact) mass is 252 g/mol. The summed E-state index contributed by atoms with van der Waals surface area (Å²) in [5.41, 5.74) is 0. The maximum Gasteiger partial charge on any atom is 0.134 e. The molecule has 0 atom stereocenters. The van der Waals surface area contributed by atoms with Crippen molar-refractivity contribution < 1.29 is 5.11 Å². The summed E-state index contributed by atoms with van der Waals surface area (Å²) in [6, 6.07) is 1.95. The molecule has 0 radical (unpaired) electrons. The van der Waals surface area contributed by atoms with Crippen molar-refractivity contribution in [1.82, 2.24) is 9.97 Å². The maximum absolute atomic E-state index is 9.07. The average molecular weight is 252 g/mol. The summed E-state index contributed by atoms with van der Waals surface area (Å²) in [6.45, 7) is 8.70. The molecule has 0 aromatic carbocycles. The van der Waals surface area contributed by atoms with Gasteiger partial charge in [0.25, 0.3) is 0 Å². The summed E-state index contributed by atoms with van der Waals surface area (Å²) < 4.78 is 0. The third-order valence-electron chi connectivity index (χ3n) is 2.71. The zero-order valence-electron chi connectivity index (χ0n) is 11.6. The molecule has 5 heteroatoms. The number of nitrogens with one attached hydrogen (secondary N) is 1. The Morgan fingerprint density at radius 1 is 1.28 bits per heavy atom. The summed E-state index contributed by atoms with van der Waals surface area (Å²) in [5, 5.41) is 12.4. The van der Waals surface area contributed by atoms with Gasteiger partial charge in [0.05, 0.1) is 6.61 Å². The smallest absolute Gasteiger partial charge is 0.134 e. The van der Waals surface area contributed by atoms with Crippen molar-refractivity contribution in [2.45, 2.75) is 33.6 Å². The second kappa shape index (κ2) is 7.87. The predicted molar refractivity (Wildman–Crippen MR) is 75.2 cm³/mol. The second-order valence-electron chi connectivity index (χ2n) is 4.11. The van der Waals surface area contributed by atoms with Crippen LogP contribution in [0.5, 0.6) is 0 Å². The molecule has 0 amide bonds. The van der Waals surface area contributed by atoms with E-state index < -0.39 is 0 Å². The number of nitrogens with zero attached hydrogens (tertiary/aromatic N) is 3. The standard InChI is InChI=1S/C13H24N4O/c1-4-7-14-12-10-13(16-11(5-2)15-12)17(6-3)8-9-18/h10,18H,4-9H2,1-3H3,(H,14,15,16).